The lowest BCUT2D eigenvalue weighted by molar-refractivity contribution is 0.123. The Hall–Kier alpha value is -1.66. The predicted molar refractivity (Wildman–Crippen MR) is 123 cm³/mol. The summed E-state index contributed by atoms with van der Waals surface area (Å²) in [5, 5.41) is 1.34. The summed E-state index contributed by atoms with van der Waals surface area (Å²) >= 11 is 1.86. The van der Waals surface area contributed by atoms with Crippen molar-refractivity contribution in [2.75, 3.05) is 44.8 Å². The van der Waals surface area contributed by atoms with E-state index in [1.807, 2.05) is 30.9 Å². The Morgan fingerprint density at radius 1 is 1.25 bits per heavy atom. The maximum atomic E-state index is 5.46. The molecule has 1 aromatic rings. The van der Waals surface area contributed by atoms with E-state index in [-0.39, 0.29) is 0 Å². The van der Waals surface area contributed by atoms with E-state index in [0.29, 0.717) is 5.92 Å². The Kier molecular flexibility index (Phi) is 9.71. The van der Waals surface area contributed by atoms with Gasteiger partial charge in [0.2, 0.25) is 0 Å². The number of hydrogen-bond acceptors (Lipinski definition) is 5. The van der Waals surface area contributed by atoms with E-state index in [1.165, 1.54) is 21.0 Å². The first-order valence-electron chi connectivity index (χ1n) is 10.4. The fraction of sp³-hybridized carbons (Fsp3) is 0.636. The first-order chi connectivity index (χ1) is 13.6. The van der Waals surface area contributed by atoms with Crippen molar-refractivity contribution < 1.29 is 4.74 Å². The van der Waals surface area contributed by atoms with Crippen molar-refractivity contribution in [3.05, 3.63) is 28.3 Å². The third-order valence-corrected chi connectivity index (χ3v) is 6.34. The molecule has 6 heteroatoms. The maximum absolute atomic E-state index is 5.46. The molecule has 2 rings (SSSR count). The second-order valence-corrected chi connectivity index (χ2v) is 8.30. The number of aryl methyl sites for hydroxylation is 1. The van der Waals surface area contributed by atoms with Gasteiger partial charge in [0.1, 0.15) is 0 Å². The number of rotatable bonds is 10. The second kappa shape index (κ2) is 12.0. The molecule has 0 aromatic carbocycles. The van der Waals surface area contributed by atoms with Gasteiger partial charge in [0, 0.05) is 44.0 Å². The molecule has 0 bridgehead atoms. The standard InChI is InChI=1S/C22H36N4OS/c1-6-19(7-2)20(14-23-8-3)16-25(5)17-24-15-21-18(4)13-22(28-21)26-9-11-27-12-10-26/h13-14,16-17,19H,6-12,15H2,1-5H3/b20-16+,23-14?,24-17?. The summed E-state index contributed by atoms with van der Waals surface area (Å²) in [5.74, 6) is 0.543. The van der Waals surface area contributed by atoms with Crippen molar-refractivity contribution in [3.8, 4) is 0 Å². The first kappa shape index (κ1) is 22.6. The number of morpholine rings is 1. The van der Waals surface area contributed by atoms with Gasteiger partial charge in [-0.3, -0.25) is 9.98 Å². The molecule has 5 nitrogen and oxygen atoms in total. The van der Waals surface area contributed by atoms with Gasteiger partial charge in [-0.05, 0) is 49.8 Å². The fourth-order valence-corrected chi connectivity index (χ4v) is 4.48. The van der Waals surface area contributed by atoms with Crippen LogP contribution >= 0.6 is 11.3 Å². The molecular formula is C22H36N4OS. The van der Waals surface area contributed by atoms with Crippen molar-refractivity contribution in [1.29, 1.82) is 0 Å². The Bertz CT molecular complexity index is 670. The van der Waals surface area contributed by atoms with Crippen LogP contribution in [-0.2, 0) is 11.3 Å². The quantitative estimate of drug-likeness (QED) is 0.417. The van der Waals surface area contributed by atoms with E-state index in [1.54, 1.807) is 0 Å². The van der Waals surface area contributed by atoms with Crippen LogP contribution in [0.15, 0.2) is 27.8 Å². The summed E-state index contributed by atoms with van der Waals surface area (Å²) in [7, 11) is 2.05. The normalized spacial score (nSPS) is 16.1. The molecule has 1 fully saturated rings. The molecule has 1 aromatic heterocycles. The molecule has 0 unspecified atom stereocenters. The highest BCUT2D eigenvalue weighted by atomic mass is 32.1. The highest BCUT2D eigenvalue weighted by Crippen LogP contribution is 2.31. The predicted octanol–water partition coefficient (Wildman–Crippen LogP) is 4.76. The molecule has 0 N–H and O–H groups in total. The molecule has 28 heavy (non-hydrogen) atoms. The zero-order valence-corrected chi connectivity index (χ0v) is 19.0. The molecule has 2 heterocycles. The molecular weight excluding hydrogens is 368 g/mol. The van der Waals surface area contributed by atoms with Gasteiger partial charge in [-0.2, -0.15) is 0 Å². The van der Waals surface area contributed by atoms with Crippen LogP contribution < -0.4 is 4.90 Å². The van der Waals surface area contributed by atoms with E-state index < -0.39 is 0 Å². The molecule has 0 spiro atoms. The summed E-state index contributed by atoms with van der Waals surface area (Å²) in [6, 6.07) is 2.29. The van der Waals surface area contributed by atoms with Gasteiger partial charge < -0.3 is 14.5 Å². The molecule has 0 aliphatic carbocycles. The van der Waals surface area contributed by atoms with Crippen LogP contribution in [0.5, 0.6) is 0 Å². The van der Waals surface area contributed by atoms with E-state index >= 15 is 0 Å². The van der Waals surface area contributed by atoms with Crippen LogP contribution in [0.4, 0.5) is 5.00 Å². The summed E-state index contributed by atoms with van der Waals surface area (Å²) in [6.45, 7) is 13.9. The molecule has 1 aliphatic rings. The Labute approximate surface area is 174 Å². The average Bonchev–Trinajstić information content (AvgIpc) is 3.08. The summed E-state index contributed by atoms with van der Waals surface area (Å²) < 4.78 is 5.46. The SMILES string of the molecule is CCN=C/C(=C\N(C)C=NCc1sc(N2CCOCC2)cc1C)C(CC)CC. The van der Waals surface area contributed by atoms with Crippen molar-refractivity contribution >= 4 is 28.9 Å². The van der Waals surface area contributed by atoms with E-state index in [0.717, 1.165) is 52.2 Å². The smallest absolute Gasteiger partial charge is 0.0916 e. The van der Waals surface area contributed by atoms with Crippen LogP contribution in [0.3, 0.4) is 0 Å². The molecule has 0 saturated carbocycles. The molecule has 1 aliphatic heterocycles. The highest BCUT2D eigenvalue weighted by Gasteiger charge is 2.15. The molecule has 0 atom stereocenters. The van der Waals surface area contributed by atoms with Crippen molar-refractivity contribution in [1.82, 2.24) is 4.90 Å². The minimum Gasteiger partial charge on any atom is -0.378 e. The van der Waals surface area contributed by atoms with Gasteiger partial charge >= 0.3 is 0 Å². The Morgan fingerprint density at radius 3 is 2.61 bits per heavy atom. The van der Waals surface area contributed by atoms with E-state index in [4.69, 9.17) is 4.74 Å². The van der Waals surface area contributed by atoms with Crippen LogP contribution in [0, 0.1) is 12.8 Å². The van der Waals surface area contributed by atoms with Crippen LogP contribution in [0.25, 0.3) is 0 Å². The van der Waals surface area contributed by atoms with Gasteiger partial charge in [0.05, 0.1) is 31.1 Å². The zero-order chi connectivity index (χ0) is 20.4. The monoisotopic (exact) mass is 404 g/mol. The van der Waals surface area contributed by atoms with Gasteiger partial charge in [0.15, 0.2) is 0 Å². The van der Waals surface area contributed by atoms with Gasteiger partial charge in [-0.25, -0.2) is 0 Å². The zero-order valence-electron chi connectivity index (χ0n) is 18.1. The number of hydrogen-bond donors (Lipinski definition) is 0. The van der Waals surface area contributed by atoms with Gasteiger partial charge in [0.25, 0.3) is 0 Å². The molecule has 0 radical (unpaired) electrons. The van der Waals surface area contributed by atoms with Gasteiger partial charge in [-0.1, -0.05) is 13.8 Å². The third-order valence-electron chi connectivity index (χ3n) is 5.06. The van der Waals surface area contributed by atoms with Crippen LogP contribution in [-0.4, -0.2) is 57.3 Å². The van der Waals surface area contributed by atoms with E-state index in [9.17, 15) is 0 Å². The third kappa shape index (κ3) is 6.74. The molecule has 156 valence electrons. The Morgan fingerprint density at radius 2 is 1.96 bits per heavy atom. The van der Waals surface area contributed by atoms with Crippen molar-refractivity contribution in [2.45, 2.75) is 47.1 Å². The number of anilines is 1. The number of allylic oxidation sites excluding steroid dienone is 1. The maximum Gasteiger partial charge on any atom is 0.0916 e. The van der Waals surface area contributed by atoms with Gasteiger partial charge in [-0.15, -0.1) is 11.3 Å². The largest absolute Gasteiger partial charge is 0.378 e. The minimum atomic E-state index is 0.543. The lowest BCUT2D eigenvalue weighted by atomic mass is 9.95. The second-order valence-electron chi connectivity index (χ2n) is 7.18. The first-order valence-corrected chi connectivity index (χ1v) is 11.3. The summed E-state index contributed by atoms with van der Waals surface area (Å²) in [4.78, 5) is 14.9. The topological polar surface area (TPSA) is 40.4 Å². The molecule has 0 amide bonds. The average molecular weight is 405 g/mol. The fourth-order valence-electron chi connectivity index (χ4n) is 3.32. The van der Waals surface area contributed by atoms with Crippen LogP contribution in [0.2, 0.25) is 0 Å². The minimum absolute atomic E-state index is 0.543. The number of ether oxygens (including phenoxy) is 1. The number of nitrogens with zero attached hydrogens (tertiary/aromatic N) is 4. The number of aliphatic imine (C=N–C) groups is 2. The summed E-state index contributed by atoms with van der Waals surface area (Å²) in [6.07, 6.45) is 8.38. The number of thiophene rings is 1. The molecule has 1 saturated heterocycles. The van der Waals surface area contributed by atoms with E-state index in [2.05, 4.69) is 59.7 Å². The highest BCUT2D eigenvalue weighted by molar-refractivity contribution is 7.16. The lowest BCUT2D eigenvalue weighted by Gasteiger charge is -2.27. The van der Waals surface area contributed by atoms with Crippen molar-refractivity contribution in [2.24, 2.45) is 15.9 Å². The van der Waals surface area contributed by atoms with Crippen molar-refractivity contribution in [3.63, 3.8) is 0 Å². The summed E-state index contributed by atoms with van der Waals surface area (Å²) in [5.41, 5.74) is 2.61. The van der Waals surface area contributed by atoms with Crippen LogP contribution in [0.1, 0.15) is 44.1 Å². The lowest BCUT2D eigenvalue weighted by Crippen LogP contribution is -2.35. The Balaban J connectivity index is 2.00.